The zero-order valence-corrected chi connectivity index (χ0v) is 15.3. The van der Waals surface area contributed by atoms with Gasteiger partial charge in [-0.25, -0.2) is 0 Å². The lowest BCUT2D eigenvalue weighted by Gasteiger charge is -2.37. The smallest absolute Gasteiger partial charge is 0.257 e. The first kappa shape index (κ1) is 17.2. The summed E-state index contributed by atoms with van der Waals surface area (Å²) in [5.41, 5.74) is 0.324. The molecule has 0 unspecified atom stereocenters. The molecule has 1 amide bonds. The number of likely N-dealkylation sites (tertiary alicyclic amines) is 1. The lowest BCUT2D eigenvalue weighted by atomic mass is 9.86. The van der Waals surface area contributed by atoms with Crippen molar-refractivity contribution < 1.29 is 19.1 Å². The van der Waals surface area contributed by atoms with Gasteiger partial charge in [0.15, 0.2) is 0 Å². The topological polar surface area (TPSA) is 62.9 Å². The fourth-order valence-electron chi connectivity index (χ4n) is 4.03. The maximum Gasteiger partial charge on any atom is 0.257 e. The highest BCUT2D eigenvalue weighted by Gasteiger charge is 2.44. The molecular formula is C21H25NO4. The molecule has 1 saturated heterocycles. The van der Waals surface area contributed by atoms with Crippen LogP contribution in [0.2, 0.25) is 0 Å². The predicted molar refractivity (Wildman–Crippen MR) is 97.3 cm³/mol. The van der Waals surface area contributed by atoms with Crippen molar-refractivity contribution in [2.45, 2.75) is 50.2 Å². The number of benzene rings is 1. The highest BCUT2D eigenvalue weighted by molar-refractivity contribution is 5.96. The fourth-order valence-corrected chi connectivity index (χ4v) is 4.03. The average molecular weight is 355 g/mol. The second-order valence-corrected chi connectivity index (χ2v) is 7.51. The van der Waals surface area contributed by atoms with E-state index in [1.54, 1.807) is 26.4 Å². The Kier molecular flexibility index (Phi) is 4.27. The first-order chi connectivity index (χ1) is 12.5. The van der Waals surface area contributed by atoms with Crippen molar-refractivity contribution in [2.24, 2.45) is 0 Å². The Labute approximate surface area is 153 Å². The van der Waals surface area contributed by atoms with E-state index in [-0.39, 0.29) is 11.9 Å². The van der Waals surface area contributed by atoms with Gasteiger partial charge in [-0.15, -0.1) is 0 Å². The number of methoxy groups -OCH3 is 1. The van der Waals surface area contributed by atoms with Crippen LogP contribution in [0.5, 0.6) is 5.75 Å². The Balaban J connectivity index is 1.60. The van der Waals surface area contributed by atoms with E-state index in [1.165, 1.54) is 0 Å². The van der Waals surface area contributed by atoms with Crippen molar-refractivity contribution in [2.75, 3.05) is 13.7 Å². The molecule has 2 heterocycles. The van der Waals surface area contributed by atoms with Gasteiger partial charge in [-0.1, -0.05) is 12.1 Å². The molecule has 2 aliphatic rings. The lowest BCUT2D eigenvalue weighted by Crippen LogP contribution is -2.48. The second kappa shape index (κ2) is 6.47. The summed E-state index contributed by atoms with van der Waals surface area (Å²) >= 11 is 0. The molecule has 0 radical (unpaired) electrons. The molecule has 1 aromatic heterocycles. The van der Waals surface area contributed by atoms with E-state index in [9.17, 15) is 9.90 Å². The third-order valence-electron chi connectivity index (χ3n) is 5.71. The van der Waals surface area contributed by atoms with Crippen molar-refractivity contribution >= 4 is 5.91 Å². The molecule has 4 rings (SSSR count). The van der Waals surface area contributed by atoms with Crippen molar-refractivity contribution in [3.63, 3.8) is 0 Å². The predicted octanol–water partition coefficient (Wildman–Crippen LogP) is 3.68. The quantitative estimate of drug-likeness (QED) is 0.889. The summed E-state index contributed by atoms with van der Waals surface area (Å²) in [7, 11) is 1.62. The number of carbonyl (C=O) groups is 1. The monoisotopic (exact) mass is 355 g/mol. The number of rotatable bonds is 5. The minimum atomic E-state index is -1.12. The third kappa shape index (κ3) is 2.90. The molecule has 1 N–H and O–H groups in total. The van der Waals surface area contributed by atoms with Crippen molar-refractivity contribution in [1.82, 2.24) is 4.90 Å². The molecule has 2 fully saturated rings. The van der Waals surface area contributed by atoms with Gasteiger partial charge in [0.25, 0.3) is 5.91 Å². The highest BCUT2D eigenvalue weighted by atomic mass is 16.5. The van der Waals surface area contributed by atoms with Gasteiger partial charge in [0, 0.05) is 12.5 Å². The molecule has 1 aliphatic carbocycles. The summed E-state index contributed by atoms with van der Waals surface area (Å²) in [5, 5.41) is 11.3. The molecule has 5 heteroatoms. The molecule has 138 valence electrons. The van der Waals surface area contributed by atoms with E-state index >= 15 is 0 Å². The normalized spacial score (nSPS) is 22.3. The van der Waals surface area contributed by atoms with Gasteiger partial charge in [0.2, 0.25) is 0 Å². The first-order valence-electron chi connectivity index (χ1n) is 9.27. The molecule has 0 bridgehead atoms. The molecule has 1 saturated carbocycles. The largest absolute Gasteiger partial charge is 0.497 e. The van der Waals surface area contributed by atoms with Gasteiger partial charge in [0.05, 0.1) is 25.0 Å². The number of furan rings is 1. The summed E-state index contributed by atoms with van der Waals surface area (Å²) in [4.78, 5) is 15.0. The molecular weight excluding hydrogens is 330 g/mol. The van der Waals surface area contributed by atoms with Crippen LogP contribution in [0.3, 0.4) is 0 Å². The van der Waals surface area contributed by atoms with Crippen molar-refractivity contribution in [1.29, 1.82) is 0 Å². The number of amides is 1. The number of aliphatic hydroxyl groups is 1. The van der Waals surface area contributed by atoms with Gasteiger partial charge >= 0.3 is 0 Å². The molecule has 1 aliphatic heterocycles. The molecule has 2 atom stereocenters. The highest BCUT2D eigenvalue weighted by Crippen LogP contribution is 2.43. The van der Waals surface area contributed by atoms with E-state index < -0.39 is 5.60 Å². The van der Waals surface area contributed by atoms with Crippen LogP contribution in [-0.4, -0.2) is 35.6 Å². The van der Waals surface area contributed by atoms with Gasteiger partial charge in [0.1, 0.15) is 17.1 Å². The zero-order valence-electron chi connectivity index (χ0n) is 15.3. The van der Waals surface area contributed by atoms with Gasteiger partial charge in [-0.3, -0.25) is 4.79 Å². The first-order valence-corrected chi connectivity index (χ1v) is 9.27. The lowest BCUT2D eigenvalue weighted by molar-refractivity contribution is -0.0178. The van der Waals surface area contributed by atoms with E-state index in [1.807, 2.05) is 29.2 Å². The van der Waals surface area contributed by atoms with Crippen LogP contribution in [0.4, 0.5) is 0 Å². The molecule has 1 aromatic carbocycles. The van der Waals surface area contributed by atoms with Crippen LogP contribution in [0.1, 0.15) is 60.2 Å². The Hall–Kier alpha value is -2.27. The maximum absolute atomic E-state index is 13.2. The summed E-state index contributed by atoms with van der Waals surface area (Å²) in [6.07, 6.45) is 5.44. The second-order valence-electron chi connectivity index (χ2n) is 7.51. The van der Waals surface area contributed by atoms with E-state index in [0.29, 0.717) is 18.0 Å². The number of hydrogen-bond donors (Lipinski definition) is 1. The number of nitrogens with zero attached hydrogens (tertiary/aromatic N) is 1. The molecule has 0 spiro atoms. The van der Waals surface area contributed by atoms with Crippen LogP contribution in [0, 0.1) is 0 Å². The Morgan fingerprint density at radius 3 is 2.62 bits per heavy atom. The fraction of sp³-hybridized carbons (Fsp3) is 0.476. The SMILES string of the molecule is COc1ccc([C@@](C)(O)[C@H]2CCCN2C(=O)c2ccoc2C2CC2)cc1. The molecule has 26 heavy (non-hydrogen) atoms. The van der Waals surface area contributed by atoms with Crippen LogP contribution in [0.15, 0.2) is 41.0 Å². The van der Waals surface area contributed by atoms with Crippen molar-refractivity contribution in [3.8, 4) is 5.75 Å². The van der Waals surface area contributed by atoms with Gasteiger partial charge < -0.3 is 19.2 Å². The molecule has 5 nitrogen and oxygen atoms in total. The number of carbonyl (C=O) groups excluding carboxylic acids is 1. The standard InChI is InChI=1S/C21H25NO4/c1-21(24,15-7-9-16(25-2)10-8-15)18-4-3-12-22(18)20(23)17-11-13-26-19(17)14-5-6-14/h7-11,13-14,18,24H,3-6,12H2,1-2H3/t18-,21-/m1/s1. The number of hydrogen-bond acceptors (Lipinski definition) is 4. The van der Waals surface area contributed by atoms with Crippen LogP contribution >= 0.6 is 0 Å². The van der Waals surface area contributed by atoms with E-state index in [4.69, 9.17) is 9.15 Å². The van der Waals surface area contributed by atoms with E-state index in [2.05, 4.69) is 0 Å². The minimum absolute atomic E-state index is 0.0306. The third-order valence-corrected chi connectivity index (χ3v) is 5.71. The number of ether oxygens (including phenoxy) is 1. The summed E-state index contributed by atoms with van der Waals surface area (Å²) in [6, 6.07) is 8.93. The maximum atomic E-state index is 13.2. The van der Waals surface area contributed by atoms with Crippen molar-refractivity contribution in [3.05, 3.63) is 53.5 Å². The summed E-state index contributed by atoms with van der Waals surface area (Å²) in [5.74, 6) is 1.91. The van der Waals surface area contributed by atoms with E-state index in [0.717, 1.165) is 42.8 Å². The van der Waals surface area contributed by atoms with Crippen LogP contribution in [-0.2, 0) is 5.60 Å². The van der Waals surface area contributed by atoms with Gasteiger partial charge in [-0.2, -0.15) is 0 Å². The Bertz CT molecular complexity index is 789. The van der Waals surface area contributed by atoms with Crippen LogP contribution in [0.25, 0.3) is 0 Å². The summed E-state index contributed by atoms with van der Waals surface area (Å²) in [6.45, 7) is 2.45. The minimum Gasteiger partial charge on any atom is -0.497 e. The molecule has 2 aromatic rings. The zero-order chi connectivity index (χ0) is 18.3. The van der Waals surface area contributed by atoms with Gasteiger partial charge in [-0.05, 0) is 56.4 Å². The Morgan fingerprint density at radius 2 is 1.96 bits per heavy atom. The average Bonchev–Trinajstić information content (AvgIpc) is 3.18. The summed E-state index contributed by atoms with van der Waals surface area (Å²) < 4.78 is 10.8. The van der Waals surface area contributed by atoms with Crippen LogP contribution < -0.4 is 4.74 Å². The Morgan fingerprint density at radius 1 is 1.23 bits per heavy atom.